The first-order valence-corrected chi connectivity index (χ1v) is 53.4. The lowest BCUT2D eigenvalue weighted by Crippen LogP contribution is -2.37. The molecule has 378 valence electrons. The van der Waals surface area contributed by atoms with Crippen LogP contribution in [0.15, 0.2) is 55.1 Å². The van der Waals surface area contributed by atoms with Gasteiger partial charge >= 0.3 is 11.9 Å². The SMILES string of the molecule is C=C(C)C(=O)OCCC[SiH2]O[Si](C)(C)CC[SiH](C)O[SiH](C)C.C=C(C)C(=O)OCCC[SiH2]O[Si](C)(C)CC[SiH](C)O[Si](C)(C)C.C=Cc1ccc([SiH2]O[Si](C)(C)CC[SiH2]O[SiH](C)C)cc1. The Kier molecular flexibility index (Phi) is 37.7. The van der Waals surface area contributed by atoms with Gasteiger partial charge in [0.05, 0.1) is 13.2 Å². The summed E-state index contributed by atoms with van der Waals surface area (Å²) in [6, 6.07) is 18.2. The molecule has 65 heavy (non-hydrogen) atoms. The zero-order valence-corrected chi connectivity index (χ0v) is 59.0. The predicted octanol–water partition coefficient (Wildman–Crippen LogP) is 7.76. The van der Waals surface area contributed by atoms with Crippen molar-refractivity contribution in [1.82, 2.24) is 0 Å². The maximum absolute atomic E-state index is 11.2. The smallest absolute Gasteiger partial charge is 0.333 e. The van der Waals surface area contributed by atoms with Crippen molar-refractivity contribution in [1.29, 1.82) is 0 Å². The fraction of sp³-hybridized carbons (Fsp3) is 0.674. The minimum absolute atomic E-state index is 0.284. The fourth-order valence-electron chi connectivity index (χ4n) is 6.04. The van der Waals surface area contributed by atoms with Crippen molar-refractivity contribution in [3.05, 3.63) is 60.7 Å². The molecule has 0 saturated heterocycles. The number of ether oxygens (including phenoxy) is 2. The van der Waals surface area contributed by atoms with Crippen LogP contribution in [0.25, 0.3) is 6.08 Å². The Hall–Kier alpha value is -0.257. The van der Waals surface area contributed by atoms with E-state index in [1.54, 1.807) is 13.8 Å². The summed E-state index contributed by atoms with van der Waals surface area (Å²) in [6.07, 6.45) is 3.69. The summed E-state index contributed by atoms with van der Waals surface area (Å²) in [7, 11) is -11.4. The molecule has 0 spiro atoms. The summed E-state index contributed by atoms with van der Waals surface area (Å²) < 4.78 is 47.2. The number of carbonyl (C=O) groups excluding carboxylic acids is 2. The van der Waals surface area contributed by atoms with Crippen molar-refractivity contribution in [3.63, 3.8) is 0 Å². The summed E-state index contributed by atoms with van der Waals surface area (Å²) in [6.45, 7) is 49.6. The van der Waals surface area contributed by atoms with Crippen LogP contribution < -0.4 is 5.19 Å². The number of benzene rings is 1. The van der Waals surface area contributed by atoms with Gasteiger partial charge in [-0.25, -0.2) is 9.59 Å². The Labute approximate surface area is 419 Å². The minimum atomic E-state index is -1.53. The number of hydrogen-bond acceptors (Lipinski definition) is 10. The topological polar surface area (TPSA) is 108 Å². The molecule has 1 aromatic carbocycles. The molecule has 0 aliphatic carbocycles. The second-order valence-corrected chi connectivity index (χ2v) is 56.7. The van der Waals surface area contributed by atoms with Crippen LogP contribution in [-0.2, 0) is 43.8 Å². The van der Waals surface area contributed by atoms with Crippen LogP contribution >= 0.6 is 0 Å². The van der Waals surface area contributed by atoms with E-state index in [0.717, 1.165) is 24.9 Å². The number of rotatable bonds is 33. The van der Waals surface area contributed by atoms with E-state index in [9.17, 15) is 9.59 Å². The Balaban J connectivity index is 0. The molecule has 22 heteroatoms. The van der Waals surface area contributed by atoms with Gasteiger partial charge in [-0.2, -0.15) is 0 Å². The van der Waals surface area contributed by atoms with Crippen LogP contribution in [0.4, 0.5) is 0 Å². The first kappa shape index (κ1) is 66.8. The molecule has 0 aliphatic rings. The molecule has 0 N–H and O–H groups in total. The lowest BCUT2D eigenvalue weighted by Gasteiger charge is -2.27. The zero-order valence-electron chi connectivity index (χ0n) is 44.7. The van der Waals surface area contributed by atoms with Crippen LogP contribution in [-0.4, -0.2) is 134 Å². The largest absolute Gasteiger partial charge is 0.463 e. The van der Waals surface area contributed by atoms with Gasteiger partial charge in [0.2, 0.25) is 0 Å². The van der Waals surface area contributed by atoms with E-state index in [0.29, 0.717) is 24.4 Å². The van der Waals surface area contributed by atoms with Gasteiger partial charge in [-0.1, -0.05) is 50.1 Å². The molecule has 0 amide bonds. The molecule has 2 unspecified atom stereocenters. The monoisotopic (exact) mass is 1110 g/mol. The van der Waals surface area contributed by atoms with Crippen molar-refractivity contribution >= 4 is 132 Å². The number of esters is 2. The van der Waals surface area contributed by atoms with Gasteiger partial charge in [-0.05, 0) is 184 Å². The van der Waals surface area contributed by atoms with Crippen molar-refractivity contribution in [3.8, 4) is 0 Å². The van der Waals surface area contributed by atoms with Crippen LogP contribution in [0.3, 0.4) is 0 Å². The Morgan fingerprint density at radius 1 is 0.615 bits per heavy atom. The Morgan fingerprint density at radius 2 is 1.06 bits per heavy atom. The first-order chi connectivity index (χ1) is 30.0. The predicted molar refractivity (Wildman–Crippen MR) is 316 cm³/mol. The lowest BCUT2D eigenvalue weighted by molar-refractivity contribution is -0.139. The highest BCUT2D eigenvalue weighted by atomic mass is 28.4. The third kappa shape index (κ3) is 43.5. The lowest BCUT2D eigenvalue weighted by atomic mass is 10.2. The average molecular weight is 1110 g/mol. The van der Waals surface area contributed by atoms with Crippen molar-refractivity contribution in [2.24, 2.45) is 0 Å². The van der Waals surface area contributed by atoms with E-state index >= 15 is 0 Å². The summed E-state index contributed by atoms with van der Waals surface area (Å²) in [5.74, 6) is -0.575. The molecule has 1 rings (SSSR count). The maximum Gasteiger partial charge on any atom is 0.333 e. The van der Waals surface area contributed by atoms with Gasteiger partial charge in [0.15, 0.2) is 79.2 Å². The normalized spacial score (nSPS) is 13.7. The molecular formula is C43H98O10Si12. The Morgan fingerprint density at radius 3 is 1.46 bits per heavy atom. The van der Waals surface area contributed by atoms with Gasteiger partial charge < -0.3 is 34.2 Å². The van der Waals surface area contributed by atoms with E-state index in [1.165, 1.54) is 47.0 Å². The van der Waals surface area contributed by atoms with Crippen molar-refractivity contribution in [2.75, 3.05) is 13.2 Å². The van der Waals surface area contributed by atoms with Crippen LogP contribution in [0.5, 0.6) is 0 Å². The average Bonchev–Trinajstić information content (AvgIpc) is 3.19. The summed E-state index contributed by atoms with van der Waals surface area (Å²) in [5, 5.41) is 1.39. The summed E-state index contributed by atoms with van der Waals surface area (Å²) >= 11 is 0. The standard InChI is InChI=1S/C15H36O4Si4.C14H34O4Si4.C14H28O2Si4/c1-14(2)15(16)17-10-9-11-20-18-23(7,8)13-12-21(3)19-22(4,5)6;1-13(2)14(15)16-9-8-10-19-17-22(6,7)12-11-21(5)18-20(3)4;1-6-13-7-9-14(10-8-13)18-16-20(4,5)12-11-17-15-19(2)3/h21H,1,9-13,20H2,2-8H3;20-21H,1,8-12,19H2,2-7H3;6-10,19H,1,11-12,17-18H2,2-5H3. The second-order valence-electron chi connectivity index (χ2n) is 20.6. The van der Waals surface area contributed by atoms with Gasteiger partial charge in [0.1, 0.15) is 29.3 Å². The van der Waals surface area contributed by atoms with E-state index in [2.05, 4.69) is 142 Å². The maximum atomic E-state index is 11.2. The first-order valence-electron chi connectivity index (χ1n) is 24.2. The van der Waals surface area contributed by atoms with Gasteiger partial charge in [0.25, 0.3) is 0 Å². The number of hydrogen-bond donors (Lipinski definition) is 0. The molecule has 0 saturated carbocycles. The van der Waals surface area contributed by atoms with E-state index in [4.69, 9.17) is 34.2 Å². The molecule has 0 aliphatic heterocycles. The zero-order chi connectivity index (χ0) is 50.3. The van der Waals surface area contributed by atoms with E-state index in [1.807, 2.05) is 6.08 Å². The third-order valence-electron chi connectivity index (χ3n) is 9.81. The highest BCUT2D eigenvalue weighted by Gasteiger charge is 2.26. The third-order valence-corrected chi connectivity index (χ3v) is 45.1. The molecule has 0 bridgehead atoms. The van der Waals surface area contributed by atoms with E-state index in [-0.39, 0.29) is 21.7 Å². The summed E-state index contributed by atoms with van der Waals surface area (Å²) in [5.41, 5.74) is 2.11. The second kappa shape index (κ2) is 36.7. The van der Waals surface area contributed by atoms with Crippen LogP contribution in [0.1, 0.15) is 32.3 Å². The summed E-state index contributed by atoms with van der Waals surface area (Å²) in [4.78, 5) is 22.5. The van der Waals surface area contributed by atoms with Crippen LogP contribution in [0, 0.1) is 0 Å². The highest BCUT2D eigenvalue weighted by Crippen LogP contribution is 2.19. The fourth-order valence-corrected chi connectivity index (χ4v) is 41.7. The van der Waals surface area contributed by atoms with Crippen molar-refractivity contribution < 1.29 is 43.8 Å². The van der Waals surface area contributed by atoms with Gasteiger partial charge in [0, 0.05) is 11.1 Å². The minimum Gasteiger partial charge on any atom is -0.463 e. The molecule has 1 aromatic rings. The van der Waals surface area contributed by atoms with Crippen molar-refractivity contribution in [2.45, 2.75) is 173 Å². The molecule has 0 aromatic heterocycles. The number of carbonyl (C=O) groups is 2. The molecule has 0 heterocycles. The van der Waals surface area contributed by atoms with Gasteiger partial charge in [-0.15, -0.1) is 0 Å². The Bertz CT molecular complexity index is 1480. The van der Waals surface area contributed by atoms with E-state index < -0.39 is 98.7 Å². The molecule has 10 nitrogen and oxygen atoms in total. The van der Waals surface area contributed by atoms with Crippen LogP contribution in [0.2, 0.25) is 147 Å². The highest BCUT2D eigenvalue weighted by molar-refractivity contribution is 6.79. The molecule has 0 radical (unpaired) electrons. The molecular weight excluding hydrogens is 1010 g/mol. The quantitative estimate of drug-likeness (QED) is 0.0300. The molecule has 2 atom stereocenters. The molecule has 0 fully saturated rings. The van der Waals surface area contributed by atoms with Gasteiger partial charge in [-0.3, -0.25) is 0 Å².